The number of benzene rings is 3. The molecule has 1 heterocycles. The van der Waals surface area contributed by atoms with Crippen molar-refractivity contribution in [3.63, 3.8) is 0 Å². The lowest BCUT2D eigenvalue weighted by atomic mass is 10.1. The van der Waals surface area contributed by atoms with Crippen LogP contribution in [0.2, 0.25) is 0 Å². The number of carbonyl (C=O) groups is 2. The zero-order chi connectivity index (χ0) is 58.9. The summed E-state index contributed by atoms with van der Waals surface area (Å²) in [6.45, 7) is 11.3. The van der Waals surface area contributed by atoms with E-state index >= 15 is 0 Å². The molecule has 0 aliphatic rings. The lowest BCUT2D eigenvalue weighted by molar-refractivity contribution is 0.0715. The Hall–Kier alpha value is -5.06. The van der Waals surface area contributed by atoms with Gasteiger partial charge in [-0.3, -0.25) is 0 Å². The molecule has 0 spiro atoms. The first kappa shape index (κ1) is 70.4. The number of hydrogen-bond acceptors (Lipinski definition) is 10. The van der Waals surface area contributed by atoms with Gasteiger partial charge >= 0.3 is 11.9 Å². The van der Waals surface area contributed by atoms with Crippen molar-refractivity contribution in [2.45, 2.75) is 297 Å². The number of nitrogens with zero attached hydrogens (tertiary/aromatic N) is 3. The lowest BCUT2D eigenvalue weighted by Gasteiger charge is -2.19. The van der Waals surface area contributed by atoms with Gasteiger partial charge in [-0.2, -0.15) is 0 Å². The van der Waals surface area contributed by atoms with Gasteiger partial charge in [0.15, 0.2) is 17.2 Å². The molecule has 0 aliphatic heterocycles. The summed E-state index contributed by atoms with van der Waals surface area (Å²) < 4.78 is 38.8. The second kappa shape index (κ2) is 48.2. The van der Waals surface area contributed by atoms with E-state index < -0.39 is 11.9 Å². The van der Waals surface area contributed by atoms with Crippen molar-refractivity contribution in [1.29, 1.82) is 0 Å². The molecule has 466 valence electrons. The highest BCUT2D eigenvalue weighted by Gasteiger charge is 2.21. The van der Waals surface area contributed by atoms with Gasteiger partial charge in [-0.25, -0.2) is 14.3 Å². The molecule has 11 heteroatoms. The second-order valence-electron chi connectivity index (χ2n) is 23.4. The normalized spacial score (nSPS) is 11.3. The molecule has 0 radical (unpaired) electrons. The summed E-state index contributed by atoms with van der Waals surface area (Å²) >= 11 is 0. The monoisotopic (exact) mass is 1150 g/mol. The van der Waals surface area contributed by atoms with Gasteiger partial charge < -0.3 is 28.4 Å². The molecule has 83 heavy (non-hydrogen) atoms. The van der Waals surface area contributed by atoms with Crippen molar-refractivity contribution in [2.75, 3.05) is 26.4 Å². The fourth-order valence-corrected chi connectivity index (χ4v) is 10.6. The number of rotatable bonds is 55. The molecular formula is C72H115N3O8. The van der Waals surface area contributed by atoms with E-state index in [9.17, 15) is 9.59 Å². The standard InChI is InChI=1S/C72H115N3O8/c1-5-9-13-17-21-25-29-30-34-35-39-43-55-78-64-49-47-63(48-50-64)75-61-67(73-74-75)72(77)83-66-53-51-65(52-54-66)82-71(76)62-59-68(79-56-44-40-36-31-26-22-18-14-10-6-2)70(81-58-46-42-38-33-28-24-20-16-12-8-4)69(60-62)80-57-45-41-37-32-27-23-19-15-11-7-3/h47-54,59-61H,5-46,55-58H2,1-4H3. The third kappa shape index (κ3) is 33.3. The highest BCUT2D eigenvalue weighted by Crippen LogP contribution is 2.40. The highest BCUT2D eigenvalue weighted by atomic mass is 16.6. The molecular weight excluding hydrogens is 1030 g/mol. The summed E-state index contributed by atoms with van der Waals surface area (Å²) in [6.07, 6.45) is 54.3. The number of esters is 2. The molecule has 0 bridgehead atoms. The van der Waals surface area contributed by atoms with Crippen molar-refractivity contribution in [1.82, 2.24) is 15.0 Å². The molecule has 0 atom stereocenters. The van der Waals surface area contributed by atoms with Crippen molar-refractivity contribution >= 4 is 11.9 Å². The minimum atomic E-state index is -0.658. The van der Waals surface area contributed by atoms with E-state index in [1.165, 1.54) is 229 Å². The number of unbranched alkanes of at least 4 members (excludes halogenated alkanes) is 38. The fraction of sp³-hybridized carbons (Fsp3) is 0.694. The molecule has 11 nitrogen and oxygen atoms in total. The van der Waals surface area contributed by atoms with Crippen molar-refractivity contribution in [2.24, 2.45) is 0 Å². The third-order valence-corrected chi connectivity index (χ3v) is 15.8. The Balaban J connectivity index is 1.33. The summed E-state index contributed by atoms with van der Waals surface area (Å²) in [5.41, 5.74) is 1.11. The molecule has 4 rings (SSSR count). The summed E-state index contributed by atoms with van der Waals surface area (Å²) in [5.74, 6) is 1.72. The zero-order valence-corrected chi connectivity index (χ0v) is 53.0. The van der Waals surface area contributed by atoms with Crippen LogP contribution in [0.15, 0.2) is 66.9 Å². The molecule has 1 aromatic heterocycles. The van der Waals surface area contributed by atoms with Crippen LogP contribution < -0.4 is 28.4 Å². The predicted octanol–water partition coefficient (Wildman–Crippen LogP) is 21.7. The quantitative estimate of drug-likeness (QED) is 0.0240. The molecule has 4 aromatic rings. The van der Waals surface area contributed by atoms with Gasteiger partial charge in [-0.05, 0) is 86.3 Å². The van der Waals surface area contributed by atoms with Crippen LogP contribution in [0, 0.1) is 0 Å². The third-order valence-electron chi connectivity index (χ3n) is 15.8. The Labute approximate surface area is 504 Å². The zero-order valence-electron chi connectivity index (χ0n) is 53.0. The molecule has 0 N–H and O–H groups in total. The Bertz CT molecular complexity index is 2150. The van der Waals surface area contributed by atoms with E-state index in [1.54, 1.807) is 42.6 Å². The molecule has 0 fully saturated rings. The Kier molecular flexibility index (Phi) is 40.9. The first-order valence-electron chi connectivity index (χ1n) is 34.2. The Morgan fingerprint density at radius 1 is 0.349 bits per heavy atom. The van der Waals surface area contributed by atoms with E-state index in [0.717, 1.165) is 56.4 Å². The Morgan fingerprint density at radius 3 is 1.01 bits per heavy atom. The van der Waals surface area contributed by atoms with Gasteiger partial charge in [0, 0.05) is 0 Å². The van der Waals surface area contributed by atoms with Gasteiger partial charge in [0.1, 0.15) is 17.2 Å². The van der Waals surface area contributed by atoms with Crippen molar-refractivity contribution in [3.05, 3.63) is 78.1 Å². The second-order valence-corrected chi connectivity index (χ2v) is 23.4. The summed E-state index contributed by atoms with van der Waals surface area (Å²) in [7, 11) is 0. The van der Waals surface area contributed by atoms with E-state index in [1.807, 2.05) is 24.3 Å². The minimum Gasteiger partial charge on any atom is -0.494 e. The van der Waals surface area contributed by atoms with Crippen LogP contribution in [0.1, 0.15) is 318 Å². The van der Waals surface area contributed by atoms with Crippen LogP contribution in [0.4, 0.5) is 0 Å². The average Bonchev–Trinajstić information content (AvgIpc) is 4.23. The topological polar surface area (TPSA) is 120 Å². The van der Waals surface area contributed by atoms with Crippen molar-refractivity contribution in [3.8, 4) is 40.2 Å². The van der Waals surface area contributed by atoms with Gasteiger partial charge in [0.25, 0.3) is 0 Å². The van der Waals surface area contributed by atoms with Crippen LogP contribution in [-0.2, 0) is 0 Å². The molecule has 3 aromatic carbocycles. The summed E-state index contributed by atoms with van der Waals surface area (Å²) in [6, 6.07) is 17.5. The van der Waals surface area contributed by atoms with Crippen LogP contribution >= 0.6 is 0 Å². The van der Waals surface area contributed by atoms with Crippen LogP contribution in [-0.4, -0.2) is 53.4 Å². The van der Waals surface area contributed by atoms with Crippen LogP contribution in [0.5, 0.6) is 34.5 Å². The van der Waals surface area contributed by atoms with Gasteiger partial charge in [-0.15, -0.1) is 5.10 Å². The highest BCUT2D eigenvalue weighted by molar-refractivity contribution is 5.93. The summed E-state index contributed by atoms with van der Waals surface area (Å²) in [5, 5.41) is 8.27. The first-order valence-corrected chi connectivity index (χ1v) is 34.2. The predicted molar refractivity (Wildman–Crippen MR) is 343 cm³/mol. The Morgan fingerprint density at radius 2 is 0.651 bits per heavy atom. The van der Waals surface area contributed by atoms with E-state index in [4.69, 9.17) is 28.4 Å². The molecule has 0 saturated carbocycles. The molecule has 0 saturated heterocycles. The number of carbonyl (C=O) groups excluding carboxylic acids is 2. The van der Waals surface area contributed by atoms with E-state index in [0.29, 0.717) is 55.0 Å². The average molecular weight is 1150 g/mol. The minimum absolute atomic E-state index is 0.0566. The molecule has 0 unspecified atom stereocenters. The SMILES string of the molecule is CCCCCCCCCCCCCCOc1ccc(-n2cc(C(=O)Oc3ccc(OC(=O)c4cc(OCCCCCCCCCCCC)c(OCCCCCCCCCCCC)c(OCCCCCCCCCCCC)c4)cc3)nn2)cc1. The number of ether oxygens (including phenoxy) is 6. The van der Waals surface area contributed by atoms with Crippen LogP contribution in [0.25, 0.3) is 5.69 Å². The maximum absolute atomic E-state index is 14.1. The molecule has 0 aliphatic carbocycles. The van der Waals surface area contributed by atoms with Gasteiger partial charge in [0.05, 0.1) is 43.9 Å². The van der Waals surface area contributed by atoms with Crippen molar-refractivity contribution < 1.29 is 38.0 Å². The number of aromatic nitrogens is 3. The lowest BCUT2D eigenvalue weighted by Crippen LogP contribution is -2.12. The van der Waals surface area contributed by atoms with E-state index in [-0.39, 0.29) is 11.4 Å². The fourth-order valence-electron chi connectivity index (χ4n) is 10.6. The summed E-state index contributed by atoms with van der Waals surface area (Å²) in [4.78, 5) is 27.3. The maximum atomic E-state index is 14.1. The largest absolute Gasteiger partial charge is 0.494 e. The first-order chi connectivity index (χ1) is 40.9. The number of hydrogen-bond donors (Lipinski definition) is 0. The maximum Gasteiger partial charge on any atom is 0.365 e. The van der Waals surface area contributed by atoms with Gasteiger partial charge in [0.2, 0.25) is 5.75 Å². The smallest absolute Gasteiger partial charge is 0.365 e. The van der Waals surface area contributed by atoms with E-state index in [2.05, 4.69) is 38.0 Å². The van der Waals surface area contributed by atoms with Gasteiger partial charge in [-0.1, -0.05) is 277 Å². The molecule has 0 amide bonds. The van der Waals surface area contributed by atoms with Crippen LogP contribution in [0.3, 0.4) is 0 Å².